The average Bonchev–Trinajstić information content (AvgIpc) is 3.14. The summed E-state index contributed by atoms with van der Waals surface area (Å²) in [5.41, 5.74) is 12.7. The van der Waals surface area contributed by atoms with Crippen molar-refractivity contribution in [2.24, 2.45) is 16.9 Å². The van der Waals surface area contributed by atoms with Crippen LogP contribution in [0.3, 0.4) is 0 Å². The number of benzene rings is 1. The van der Waals surface area contributed by atoms with E-state index in [-0.39, 0.29) is 18.0 Å². The number of primary amides is 1. The third-order valence-electron chi connectivity index (χ3n) is 4.26. The van der Waals surface area contributed by atoms with Gasteiger partial charge in [0.1, 0.15) is 5.41 Å². The third-order valence-corrected chi connectivity index (χ3v) is 4.26. The monoisotopic (exact) mass is 259 g/mol. The van der Waals surface area contributed by atoms with Crippen molar-refractivity contribution < 1.29 is 9.59 Å². The summed E-state index contributed by atoms with van der Waals surface area (Å²) in [6, 6.07) is 7.52. The SMILES string of the molecule is NC(=O)C1(C(=O)N[C@@H]2Cc3ccccc3[C@H]2N)CC1. The summed E-state index contributed by atoms with van der Waals surface area (Å²) in [7, 11) is 0. The van der Waals surface area contributed by atoms with Crippen molar-refractivity contribution in [1.82, 2.24) is 5.32 Å². The summed E-state index contributed by atoms with van der Waals surface area (Å²) in [4.78, 5) is 23.5. The quantitative estimate of drug-likeness (QED) is 0.666. The fourth-order valence-electron chi connectivity index (χ4n) is 2.78. The van der Waals surface area contributed by atoms with E-state index < -0.39 is 11.3 Å². The summed E-state index contributed by atoms with van der Waals surface area (Å²) in [5, 5.41) is 2.89. The van der Waals surface area contributed by atoms with Gasteiger partial charge in [0.15, 0.2) is 0 Å². The summed E-state index contributed by atoms with van der Waals surface area (Å²) in [6.45, 7) is 0. The normalized spacial score (nSPS) is 26.6. The van der Waals surface area contributed by atoms with Crippen molar-refractivity contribution >= 4 is 11.8 Å². The topological polar surface area (TPSA) is 98.2 Å². The highest BCUT2D eigenvalue weighted by Crippen LogP contribution is 2.46. The predicted molar refractivity (Wildman–Crippen MR) is 69.9 cm³/mol. The van der Waals surface area contributed by atoms with E-state index in [0.29, 0.717) is 19.3 Å². The van der Waals surface area contributed by atoms with E-state index in [0.717, 1.165) is 11.1 Å². The maximum atomic E-state index is 12.2. The first-order valence-electron chi connectivity index (χ1n) is 6.49. The molecule has 2 amide bonds. The third kappa shape index (κ3) is 1.81. The van der Waals surface area contributed by atoms with Crippen molar-refractivity contribution in [1.29, 1.82) is 0 Å². The number of amides is 2. The van der Waals surface area contributed by atoms with Gasteiger partial charge in [-0.3, -0.25) is 9.59 Å². The maximum Gasteiger partial charge on any atom is 0.235 e. The molecule has 0 spiro atoms. The largest absolute Gasteiger partial charge is 0.369 e. The summed E-state index contributed by atoms with van der Waals surface area (Å²) >= 11 is 0. The van der Waals surface area contributed by atoms with Crippen LogP contribution in [0.5, 0.6) is 0 Å². The van der Waals surface area contributed by atoms with Crippen molar-refractivity contribution in [3.05, 3.63) is 35.4 Å². The molecule has 0 bridgehead atoms. The molecular weight excluding hydrogens is 242 g/mol. The molecular formula is C14H17N3O2. The Morgan fingerprint density at radius 2 is 1.95 bits per heavy atom. The number of nitrogens with two attached hydrogens (primary N) is 2. The number of carbonyl (C=O) groups excluding carboxylic acids is 2. The smallest absolute Gasteiger partial charge is 0.235 e. The molecule has 1 saturated carbocycles. The summed E-state index contributed by atoms with van der Waals surface area (Å²) in [6.07, 6.45) is 1.80. The van der Waals surface area contributed by atoms with Crippen molar-refractivity contribution in [2.75, 3.05) is 0 Å². The molecule has 2 aliphatic rings. The van der Waals surface area contributed by atoms with E-state index in [4.69, 9.17) is 11.5 Å². The highest BCUT2D eigenvalue weighted by molar-refractivity contribution is 6.07. The van der Waals surface area contributed by atoms with Gasteiger partial charge in [-0.1, -0.05) is 24.3 Å². The van der Waals surface area contributed by atoms with Crippen LogP contribution in [0.1, 0.15) is 30.0 Å². The second-order valence-electron chi connectivity index (χ2n) is 5.46. The van der Waals surface area contributed by atoms with E-state index in [1.54, 1.807) is 0 Å². The molecule has 19 heavy (non-hydrogen) atoms. The molecule has 0 aromatic heterocycles. The standard InChI is InChI=1S/C14H17N3O2/c15-11-9-4-2-1-3-8(9)7-10(11)17-13(19)14(5-6-14)12(16)18/h1-4,10-11H,5-7,15H2,(H2,16,18)(H,17,19)/t10-,11-/m1/s1. The molecule has 0 saturated heterocycles. The van der Waals surface area contributed by atoms with Gasteiger partial charge in [0, 0.05) is 0 Å². The van der Waals surface area contributed by atoms with Crippen LogP contribution in [0.4, 0.5) is 0 Å². The van der Waals surface area contributed by atoms with Crippen LogP contribution < -0.4 is 16.8 Å². The Hall–Kier alpha value is -1.88. The van der Waals surface area contributed by atoms with E-state index in [1.165, 1.54) is 0 Å². The van der Waals surface area contributed by atoms with Gasteiger partial charge in [0.05, 0.1) is 12.1 Å². The first-order chi connectivity index (χ1) is 9.04. The number of carbonyl (C=O) groups is 2. The second-order valence-corrected chi connectivity index (χ2v) is 5.46. The Kier molecular flexibility index (Phi) is 2.60. The van der Waals surface area contributed by atoms with Crippen molar-refractivity contribution in [2.45, 2.75) is 31.3 Å². The zero-order valence-corrected chi connectivity index (χ0v) is 10.6. The van der Waals surface area contributed by atoms with Gasteiger partial charge in [0.25, 0.3) is 0 Å². The molecule has 2 aliphatic carbocycles. The number of fused-ring (bicyclic) bond motifs is 1. The molecule has 5 nitrogen and oxygen atoms in total. The molecule has 1 fully saturated rings. The van der Waals surface area contributed by atoms with Crippen LogP contribution in [0, 0.1) is 5.41 Å². The van der Waals surface area contributed by atoms with Crippen LogP contribution in [-0.4, -0.2) is 17.9 Å². The Morgan fingerprint density at radius 3 is 2.53 bits per heavy atom. The number of rotatable bonds is 3. The minimum Gasteiger partial charge on any atom is -0.369 e. The molecule has 0 unspecified atom stereocenters. The van der Waals surface area contributed by atoms with E-state index in [1.807, 2.05) is 24.3 Å². The Balaban J connectivity index is 1.73. The molecule has 5 heteroatoms. The van der Waals surface area contributed by atoms with Crippen molar-refractivity contribution in [3.63, 3.8) is 0 Å². The second kappa shape index (κ2) is 4.06. The van der Waals surface area contributed by atoms with E-state index in [9.17, 15) is 9.59 Å². The van der Waals surface area contributed by atoms with Crippen molar-refractivity contribution in [3.8, 4) is 0 Å². The van der Waals surface area contributed by atoms with Gasteiger partial charge in [-0.25, -0.2) is 0 Å². The Morgan fingerprint density at radius 1 is 1.26 bits per heavy atom. The lowest BCUT2D eigenvalue weighted by molar-refractivity contribution is -0.135. The highest BCUT2D eigenvalue weighted by atomic mass is 16.2. The Labute approximate surface area is 111 Å². The lowest BCUT2D eigenvalue weighted by Crippen LogP contribution is -2.47. The van der Waals surface area contributed by atoms with Gasteiger partial charge < -0.3 is 16.8 Å². The first-order valence-corrected chi connectivity index (χ1v) is 6.49. The zero-order chi connectivity index (χ0) is 13.6. The fourth-order valence-corrected chi connectivity index (χ4v) is 2.78. The zero-order valence-electron chi connectivity index (χ0n) is 10.6. The molecule has 2 atom stereocenters. The van der Waals surface area contributed by atoms with Crippen LogP contribution in [0.2, 0.25) is 0 Å². The highest BCUT2D eigenvalue weighted by Gasteiger charge is 2.56. The lowest BCUT2D eigenvalue weighted by Gasteiger charge is -2.20. The number of hydrogen-bond acceptors (Lipinski definition) is 3. The maximum absolute atomic E-state index is 12.2. The van der Waals surface area contributed by atoms with Crippen LogP contribution in [-0.2, 0) is 16.0 Å². The van der Waals surface area contributed by atoms with Crippen LogP contribution in [0.25, 0.3) is 0 Å². The van der Waals surface area contributed by atoms with Gasteiger partial charge >= 0.3 is 0 Å². The Bertz CT molecular complexity index is 551. The van der Waals surface area contributed by atoms with E-state index >= 15 is 0 Å². The minimum absolute atomic E-state index is 0.151. The molecule has 0 aliphatic heterocycles. The molecule has 100 valence electrons. The number of nitrogens with one attached hydrogen (secondary N) is 1. The minimum atomic E-state index is -0.978. The number of hydrogen-bond donors (Lipinski definition) is 3. The first kappa shape index (κ1) is 12.2. The molecule has 3 rings (SSSR count). The lowest BCUT2D eigenvalue weighted by atomic mass is 10.0. The fraction of sp³-hybridized carbons (Fsp3) is 0.429. The molecule has 0 radical (unpaired) electrons. The molecule has 5 N–H and O–H groups in total. The average molecular weight is 259 g/mol. The summed E-state index contributed by atoms with van der Waals surface area (Å²) < 4.78 is 0. The molecule has 0 heterocycles. The van der Waals surface area contributed by atoms with Crippen LogP contribution in [0.15, 0.2) is 24.3 Å². The van der Waals surface area contributed by atoms with Gasteiger partial charge in [-0.15, -0.1) is 0 Å². The predicted octanol–water partition coefficient (Wildman–Crippen LogP) is -0.00720. The van der Waals surface area contributed by atoms with Gasteiger partial charge in [0.2, 0.25) is 11.8 Å². The van der Waals surface area contributed by atoms with Crippen LogP contribution >= 0.6 is 0 Å². The van der Waals surface area contributed by atoms with E-state index in [2.05, 4.69) is 5.32 Å². The summed E-state index contributed by atoms with van der Waals surface area (Å²) in [5.74, 6) is -0.803. The molecule has 1 aromatic rings. The van der Waals surface area contributed by atoms with Gasteiger partial charge in [-0.05, 0) is 30.4 Å². The molecule has 1 aromatic carbocycles. The van der Waals surface area contributed by atoms with Gasteiger partial charge in [-0.2, -0.15) is 0 Å².